The van der Waals surface area contributed by atoms with Crippen molar-refractivity contribution in [3.63, 3.8) is 0 Å². The van der Waals surface area contributed by atoms with Crippen LogP contribution in [0.1, 0.15) is 22.6 Å². The molecule has 2 aromatic rings. The highest BCUT2D eigenvalue weighted by atomic mass is 32.1. The molecule has 3 heterocycles. The van der Waals surface area contributed by atoms with E-state index in [0.717, 1.165) is 17.8 Å². The number of methoxy groups -OCH3 is 1. The molecule has 8 nitrogen and oxygen atoms in total. The van der Waals surface area contributed by atoms with Crippen LogP contribution in [-0.4, -0.2) is 76.8 Å². The normalized spacial score (nSPS) is 20.9. The van der Waals surface area contributed by atoms with E-state index in [0.29, 0.717) is 26.2 Å². The second kappa shape index (κ2) is 6.96. The fourth-order valence-electron chi connectivity index (χ4n) is 3.15. The Morgan fingerprint density at radius 3 is 3.00 bits per heavy atom. The molecule has 1 fully saturated rings. The summed E-state index contributed by atoms with van der Waals surface area (Å²) in [7, 11) is 5.67. The van der Waals surface area contributed by atoms with Crippen LogP contribution in [0.4, 0.5) is 0 Å². The van der Waals surface area contributed by atoms with Crippen molar-refractivity contribution in [2.45, 2.75) is 18.5 Å². The molecule has 130 valence electrons. The zero-order chi connectivity index (χ0) is 17.2. The summed E-state index contributed by atoms with van der Waals surface area (Å²) in [5.41, 5.74) is 0.358. The number of ether oxygens (including phenoxy) is 1. The van der Waals surface area contributed by atoms with E-state index < -0.39 is 0 Å². The molecular weight excluding hydrogens is 328 g/mol. The summed E-state index contributed by atoms with van der Waals surface area (Å²) in [6.45, 7) is 2.39. The fourth-order valence-corrected chi connectivity index (χ4v) is 3.78. The maximum atomic E-state index is 12.7. The minimum absolute atomic E-state index is 0.0656. The van der Waals surface area contributed by atoms with E-state index in [9.17, 15) is 4.79 Å². The fraction of sp³-hybridized carbons (Fsp3) is 0.600. The standard InChI is InChI=1S/C15H22N6O2S/c1-19(2)15(14-16-17-18-21(14)7-8-23-3)5-6-20(11-15)13(22)12-4-9-24-10-12/h4,9-10H,5-8,11H2,1-3H3. The summed E-state index contributed by atoms with van der Waals surface area (Å²) in [4.78, 5) is 16.7. The van der Waals surface area contributed by atoms with E-state index in [4.69, 9.17) is 4.74 Å². The van der Waals surface area contributed by atoms with Gasteiger partial charge in [-0.15, -0.1) is 5.10 Å². The van der Waals surface area contributed by atoms with Gasteiger partial charge >= 0.3 is 0 Å². The quantitative estimate of drug-likeness (QED) is 0.763. The second-order valence-electron chi connectivity index (χ2n) is 6.13. The Labute approximate surface area is 145 Å². The third-order valence-electron chi connectivity index (χ3n) is 4.61. The van der Waals surface area contributed by atoms with Gasteiger partial charge < -0.3 is 9.64 Å². The topological polar surface area (TPSA) is 76.4 Å². The average molecular weight is 350 g/mol. The zero-order valence-corrected chi connectivity index (χ0v) is 15.0. The van der Waals surface area contributed by atoms with Gasteiger partial charge in [0.15, 0.2) is 5.82 Å². The number of likely N-dealkylation sites (N-methyl/N-ethyl adjacent to an activating group) is 1. The summed E-state index contributed by atoms with van der Waals surface area (Å²) in [5, 5.41) is 16.0. The Bertz CT molecular complexity index is 686. The zero-order valence-electron chi connectivity index (χ0n) is 14.2. The van der Waals surface area contributed by atoms with E-state index in [1.165, 1.54) is 11.3 Å². The molecular formula is C15H22N6O2S. The summed E-state index contributed by atoms with van der Waals surface area (Å²) >= 11 is 1.53. The number of hydrogen-bond donors (Lipinski definition) is 0. The molecule has 9 heteroatoms. The highest BCUT2D eigenvalue weighted by Gasteiger charge is 2.47. The molecule has 0 bridgehead atoms. The third kappa shape index (κ3) is 2.94. The number of amides is 1. The summed E-state index contributed by atoms with van der Waals surface area (Å²) in [6, 6.07) is 1.87. The lowest BCUT2D eigenvalue weighted by atomic mass is 9.96. The van der Waals surface area contributed by atoms with Crippen molar-refractivity contribution in [3.05, 3.63) is 28.2 Å². The minimum atomic E-state index is -0.386. The largest absolute Gasteiger partial charge is 0.383 e. The molecule has 1 aliphatic heterocycles. The van der Waals surface area contributed by atoms with Gasteiger partial charge in [-0.3, -0.25) is 9.69 Å². The highest BCUT2D eigenvalue weighted by Crippen LogP contribution is 2.35. The minimum Gasteiger partial charge on any atom is -0.383 e. The molecule has 1 atom stereocenters. The first kappa shape index (κ1) is 17.0. The predicted molar refractivity (Wildman–Crippen MR) is 89.9 cm³/mol. The SMILES string of the molecule is COCCn1nnnc1C1(N(C)C)CCN(C(=O)c2ccsc2)C1. The van der Waals surface area contributed by atoms with Crippen LogP contribution in [0.15, 0.2) is 16.8 Å². The van der Waals surface area contributed by atoms with Crippen LogP contribution < -0.4 is 0 Å². The Balaban J connectivity index is 1.86. The summed E-state index contributed by atoms with van der Waals surface area (Å²) < 4.78 is 6.92. The number of carbonyl (C=O) groups is 1. The molecule has 0 aliphatic carbocycles. The second-order valence-corrected chi connectivity index (χ2v) is 6.91. The monoisotopic (exact) mass is 350 g/mol. The number of rotatable bonds is 6. The van der Waals surface area contributed by atoms with Gasteiger partial charge in [-0.05, 0) is 42.4 Å². The first-order valence-electron chi connectivity index (χ1n) is 7.83. The van der Waals surface area contributed by atoms with Gasteiger partial charge in [-0.25, -0.2) is 4.68 Å². The Kier molecular flexibility index (Phi) is 4.93. The summed E-state index contributed by atoms with van der Waals surface area (Å²) in [5.74, 6) is 0.848. The van der Waals surface area contributed by atoms with E-state index >= 15 is 0 Å². The first-order chi connectivity index (χ1) is 11.6. The van der Waals surface area contributed by atoms with E-state index in [1.807, 2.05) is 35.8 Å². The molecule has 3 rings (SSSR count). The molecule has 0 spiro atoms. The number of hydrogen-bond acceptors (Lipinski definition) is 7. The van der Waals surface area contributed by atoms with Gasteiger partial charge in [0.25, 0.3) is 5.91 Å². The molecule has 1 amide bonds. The van der Waals surface area contributed by atoms with E-state index in [2.05, 4.69) is 20.4 Å². The van der Waals surface area contributed by atoms with Crippen molar-refractivity contribution < 1.29 is 9.53 Å². The first-order valence-corrected chi connectivity index (χ1v) is 8.77. The Hall–Kier alpha value is -1.84. The van der Waals surface area contributed by atoms with E-state index in [-0.39, 0.29) is 11.4 Å². The third-order valence-corrected chi connectivity index (χ3v) is 5.30. The van der Waals surface area contributed by atoms with Crippen molar-refractivity contribution in [1.82, 2.24) is 30.0 Å². The molecule has 0 radical (unpaired) electrons. The van der Waals surface area contributed by atoms with Gasteiger partial charge in [0.1, 0.15) is 5.54 Å². The lowest BCUT2D eigenvalue weighted by molar-refractivity contribution is 0.0737. The van der Waals surface area contributed by atoms with Crippen LogP contribution >= 0.6 is 11.3 Å². The average Bonchev–Trinajstić information content (AvgIpc) is 3.32. The number of carbonyl (C=O) groups excluding carboxylic acids is 1. The van der Waals surface area contributed by atoms with Gasteiger partial charge in [-0.1, -0.05) is 0 Å². The molecule has 2 aromatic heterocycles. The molecule has 1 aliphatic rings. The molecule has 24 heavy (non-hydrogen) atoms. The van der Waals surface area contributed by atoms with E-state index in [1.54, 1.807) is 11.8 Å². The van der Waals surface area contributed by atoms with Crippen molar-refractivity contribution in [3.8, 4) is 0 Å². The van der Waals surface area contributed by atoms with Crippen LogP contribution in [0.25, 0.3) is 0 Å². The lowest BCUT2D eigenvalue weighted by Gasteiger charge is -2.34. The van der Waals surface area contributed by atoms with Gasteiger partial charge in [0, 0.05) is 25.6 Å². The van der Waals surface area contributed by atoms with Crippen LogP contribution in [0.2, 0.25) is 0 Å². The smallest absolute Gasteiger partial charge is 0.254 e. The Morgan fingerprint density at radius 2 is 2.33 bits per heavy atom. The highest BCUT2D eigenvalue weighted by molar-refractivity contribution is 7.08. The van der Waals surface area contributed by atoms with Crippen LogP contribution in [-0.2, 0) is 16.8 Å². The Morgan fingerprint density at radius 1 is 1.50 bits per heavy atom. The molecule has 0 saturated carbocycles. The maximum Gasteiger partial charge on any atom is 0.254 e. The van der Waals surface area contributed by atoms with Gasteiger partial charge in [0.2, 0.25) is 0 Å². The van der Waals surface area contributed by atoms with Gasteiger partial charge in [-0.2, -0.15) is 11.3 Å². The van der Waals surface area contributed by atoms with Gasteiger partial charge in [0.05, 0.1) is 18.7 Å². The molecule has 0 aromatic carbocycles. The maximum absolute atomic E-state index is 12.7. The van der Waals surface area contributed by atoms with Crippen LogP contribution in [0.5, 0.6) is 0 Å². The lowest BCUT2D eigenvalue weighted by Crippen LogP contribution is -2.47. The number of likely N-dealkylation sites (tertiary alicyclic amines) is 1. The molecule has 0 N–H and O–H groups in total. The number of aromatic nitrogens is 4. The van der Waals surface area contributed by atoms with Crippen LogP contribution in [0, 0.1) is 0 Å². The van der Waals surface area contributed by atoms with Crippen molar-refractivity contribution in [2.24, 2.45) is 0 Å². The summed E-state index contributed by atoms with van der Waals surface area (Å²) in [6.07, 6.45) is 0.795. The van der Waals surface area contributed by atoms with Crippen molar-refractivity contribution in [1.29, 1.82) is 0 Å². The predicted octanol–water partition coefficient (Wildman–Crippen LogP) is 0.684. The number of nitrogens with zero attached hydrogens (tertiary/aromatic N) is 6. The number of thiophene rings is 1. The molecule has 1 saturated heterocycles. The van der Waals surface area contributed by atoms with Crippen LogP contribution in [0.3, 0.4) is 0 Å². The number of tetrazole rings is 1. The van der Waals surface area contributed by atoms with Crippen molar-refractivity contribution in [2.75, 3.05) is 40.9 Å². The van der Waals surface area contributed by atoms with Crippen molar-refractivity contribution >= 4 is 17.2 Å². The molecule has 1 unspecified atom stereocenters.